The van der Waals surface area contributed by atoms with Crippen LogP contribution < -0.4 is 16.0 Å². The smallest absolute Gasteiger partial charge is 0.321 e. The zero-order valence-corrected chi connectivity index (χ0v) is 29.7. The van der Waals surface area contributed by atoms with E-state index in [-0.39, 0.29) is 36.6 Å². The van der Waals surface area contributed by atoms with E-state index in [1.165, 1.54) is 7.11 Å². The molecule has 260 valence electrons. The fourth-order valence-electron chi connectivity index (χ4n) is 7.59. The summed E-state index contributed by atoms with van der Waals surface area (Å²) in [5, 5.41) is 5.02. The maximum Gasteiger partial charge on any atom is 0.321 e. The van der Waals surface area contributed by atoms with E-state index in [0.29, 0.717) is 57.5 Å². The summed E-state index contributed by atoms with van der Waals surface area (Å²) in [5.41, 5.74) is 10.4. The molecule has 10 nitrogen and oxygen atoms in total. The number of ether oxygens (including phenoxy) is 2. The first-order valence-corrected chi connectivity index (χ1v) is 17.0. The number of ketones is 1. The highest BCUT2D eigenvalue weighted by molar-refractivity contribution is 6.24. The van der Waals surface area contributed by atoms with Crippen LogP contribution in [0.2, 0.25) is 0 Å². The van der Waals surface area contributed by atoms with E-state index in [1.54, 1.807) is 6.08 Å². The number of aromatic amines is 3. The number of carbonyl (C=O) groups excluding carboxylic acids is 4. The molecule has 3 aliphatic rings. The molecule has 1 saturated heterocycles. The molecule has 0 unspecified atom stereocenters. The van der Waals surface area contributed by atoms with Crippen molar-refractivity contribution in [2.24, 2.45) is 17.8 Å². The van der Waals surface area contributed by atoms with Crippen molar-refractivity contribution < 1.29 is 28.7 Å². The molecule has 3 aromatic heterocycles. The van der Waals surface area contributed by atoms with Crippen molar-refractivity contribution in [2.75, 3.05) is 13.7 Å². The molecule has 3 aromatic rings. The number of fused-ring (bicyclic) bond motifs is 7. The molecular weight excluding hydrogens is 632 g/mol. The SMILES string of the molecule is C=Cc1c2[nH]c(c1C)/C=C1\N/C(=C3\c4[nH]c(c(C)c4C(=O)[C@@H]3C(=O)OC)/C=c3\[nH]/c(c(C=O)c3CC)=C/2)[C@@H](CCC(=O)OCC=C(C)C)[C@@H]1C. The number of Topliss-reactive ketones (excluding diaryl/α,β-unsaturated/α-hetero) is 1. The molecule has 0 radical (unpaired) electrons. The number of esters is 2. The highest BCUT2D eigenvalue weighted by Gasteiger charge is 2.48. The lowest BCUT2D eigenvalue weighted by Gasteiger charge is -2.19. The van der Waals surface area contributed by atoms with Gasteiger partial charge in [-0.1, -0.05) is 32.1 Å². The fraction of sp³-hybridized carbons (Fsp3) is 0.350. The Bertz CT molecular complexity index is 2180. The molecule has 0 aromatic carbocycles. The number of nitrogens with one attached hydrogen (secondary N) is 4. The van der Waals surface area contributed by atoms with Crippen LogP contribution >= 0.6 is 0 Å². The van der Waals surface area contributed by atoms with Gasteiger partial charge < -0.3 is 29.7 Å². The third kappa shape index (κ3) is 5.72. The van der Waals surface area contributed by atoms with Gasteiger partial charge in [0, 0.05) is 74.3 Å². The number of H-pyrrole nitrogens is 3. The molecule has 0 spiro atoms. The van der Waals surface area contributed by atoms with Crippen molar-refractivity contribution in [1.82, 2.24) is 20.3 Å². The second-order valence-electron chi connectivity index (χ2n) is 13.5. The Balaban J connectivity index is 1.63. The topological polar surface area (TPSA) is 146 Å². The van der Waals surface area contributed by atoms with Gasteiger partial charge in [-0.15, -0.1) is 0 Å². The number of allylic oxidation sites excluding steroid dienone is 3. The first kappa shape index (κ1) is 34.5. The summed E-state index contributed by atoms with van der Waals surface area (Å²) in [6.45, 7) is 16.1. The van der Waals surface area contributed by atoms with E-state index in [1.807, 2.05) is 58.9 Å². The first-order chi connectivity index (χ1) is 23.9. The van der Waals surface area contributed by atoms with Crippen LogP contribution in [0.15, 0.2) is 29.6 Å². The minimum absolute atomic E-state index is 0.125. The average Bonchev–Trinajstić information content (AvgIpc) is 3.83. The van der Waals surface area contributed by atoms with Crippen LogP contribution in [0.25, 0.3) is 29.9 Å². The molecule has 50 heavy (non-hydrogen) atoms. The lowest BCUT2D eigenvalue weighted by molar-refractivity contribution is -0.143. The van der Waals surface area contributed by atoms with Crippen molar-refractivity contribution in [3.8, 4) is 0 Å². The number of aromatic nitrogens is 3. The van der Waals surface area contributed by atoms with Crippen LogP contribution in [-0.4, -0.2) is 52.7 Å². The minimum Gasteiger partial charge on any atom is -0.468 e. The number of aldehydes is 1. The Kier molecular flexibility index (Phi) is 9.31. The van der Waals surface area contributed by atoms with E-state index in [0.717, 1.165) is 51.0 Å². The van der Waals surface area contributed by atoms with E-state index in [2.05, 4.69) is 33.8 Å². The van der Waals surface area contributed by atoms with Gasteiger partial charge in [0.05, 0.1) is 18.2 Å². The van der Waals surface area contributed by atoms with E-state index >= 15 is 0 Å². The van der Waals surface area contributed by atoms with Crippen LogP contribution in [0.3, 0.4) is 0 Å². The summed E-state index contributed by atoms with van der Waals surface area (Å²) in [6, 6.07) is 0. The van der Waals surface area contributed by atoms with Crippen molar-refractivity contribution in [2.45, 2.75) is 60.8 Å². The second-order valence-corrected chi connectivity index (χ2v) is 13.5. The predicted octanol–water partition coefficient (Wildman–Crippen LogP) is 5.16. The fourth-order valence-corrected chi connectivity index (χ4v) is 7.59. The number of rotatable bonds is 9. The number of hydrogen-bond donors (Lipinski definition) is 4. The zero-order chi connectivity index (χ0) is 36.0. The van der Waals surface area contributed by atoms with Gasteiger partial charge in [0.15, 0.2) is 12.1 Å². The van der Waals surface area contributed by atoms with Gasteiger partial charge in [-0.05, 0) is 81.5 Å². The number of methoxy groups -OCH3 is 1. The van der Waals surface area contributed by atoms with Crippen molar-refractivity contribution >= 4 is 53.9 Å². The van der Waals surface area contributed by atoms with Crippen LogP contribution in [-0.2, 0) is 25.5 Å². The lowest BCUT2D eigenvalue weighted by Crippen LogP contribution is -2.25. The molecule has 1 fully saturated rings. The van der Waals surface area contributed by atoms with Crippen molar-refractivity contribution in [3.05, 3.63) is 96.5 Å². The molecule has 6 rings (SSSR count). The Labute approximate surface area is 291 Å². The normalized spacial score (nSPS) is 22.7. The standard InChI is InChI=1S/C40H44N4O6/c1-9-23-20(5)27-15-28-21(6)25(11-12-33(46)50-14-13-19(3)4)37(43-28)35-36(40(48)49-8)39(47)34-22(7)29(44-38(34)35)16-31-24(10-2)26(18-45)32(42-31)17-30(23)41-27/h9,13,15-18,21,25,36,41-44H,1,10-12,14H2,2-8H3/b28-15-,31-16-,32-17+,37-35-/t21-,25-,36+/m0/s1. The van der Waals surface area contributed by atoms with Gasteiger partial charge in [-0.3, -0.25) is 19.2 Å². The molecular formula is C40H44N4O6. The maximum absolute atomic E-state index is 14.2. The summed E-state index contributed by atoms with van der Waals surface area (Å²) >= 11 is 0. The maximum atomic E-state index is 14.2. The zero-order valence-electron chi connectivity index (χ0n) is 29.7. The molecule has 0 saturated carbocycles. The third-order valence-electron chi connectivity index (χ3n) is 10.4. The summed E-state index contributed by atoms with van der Waals surface area (Å²) in [4.78, 5) is 63.5. The quantitative estimate of drug-likeness (QED) is 0.106. The Morgan fingerprint density at radius 2 is 1.70 bits per heavy atom. The van der Waals surface area contributed by atoms with Gasteiger partial charge in [-0.25, -0.2) is 0 Å². The Morgan fingerprint density at radius 3 is 2.36 bits per heavy atom. The average molecular weight is 677 g/mol. The van der Waals surface area contributed by atoms with Crippen LogP contribution in [0.5, 0.6) is 0 Å². The molecule has 0 amide bonds. The highest BCUT2D eigenvalue weighted by Crippen LogP contribution is 2.48. The van der Waals surface area contributed by atoms with Crippen LogP contribution in [0.4, 0.5) is 0 Å². The van der Waals surface area contributed by atoms with Crippen LogP contribution in [0, 0.1) is 31.6 Å². The Hall–Kier alpha value is -5.38. The predicted molar refractivity (Wildman–Crippen MR) is 193 cm³/mol. The molecule has 4 N–H and O–H groups in total. The van der Waals surface area contributed by atoms with Crippen LogP contribution in [0.1, 0.15) is 106 Å². The van der Waals surface area contributed by atoms with Gasteiger partial charge in [0.1, 0.15) is 12.5 Å². The monoisotopic (exact) mass is 676 g/mol. The van der Waals surface area contributed by atoms with Gasteiger partial charge in [0.2, 0.25) is 0 Å². The Morgan fingerprint density at radius 1 is 0.980 bits per heavy atom. The molecule has 5 heterocycles. The van der Waals surface area contributed by atoms with Crippen molar-refractivity contribution in [1.29, 1.82) is 0 Å². The minimum atomic E-state index is -1.18. The molecule has 10 heteroatoms. The van der Waals surface area contributed by atoms with E-state index < -0.39 is 11.9 Å². The summed E-state index contributed by atoms with van der Waals surface area (Å²) in [7, 11) is 1.28. The summed E-state index contributed by atoms with van der Waals surface area (Å²) < 4.78 is 10.7. The van der Waals surface area contributed by atoms with Gasteiger partial charge in [0.25, 0.3) is 0 Å². The van der Waals surface area contributed by atoms with Crippen molar-refractivity contribution in [3.63, 3.8) is 0 Å². The third-order valence-corrected chi connectivity index (χ3v) is 10.4. The first-order valence-electron chi connectivity index (χ1n) is 17.0. The number of carbonyl (C=O) groups is 4. The molecule has 8 bridgehead atoms. The van der Waals surface area contributed by atoms with Gasteiger partial charge in [-0.2, -0.15) is 0 Å². The lowest BCUT2D eigenvalue weighted by atomic mass is 9.85. The molecule has 2 aliphatic heterocycles. The number of hydrogen-bond acceptors (Lipinski definition) is 7. The van der Waals surface area contributed by atoms with Gasteiger partial charge >= 0.3 is 11.9 Å². The summed E-state index contributed by atoms with van der Waals surface area (Å²) in [5.74, 6) is -2.88. The van der Waals surface area contributed by atoms with E-state index in [9.17, 15) is 19.2 Å². The van der Waals surface area contributed by atoms with E-state index in [4.69, 9.17) is 9.47 Å². The second kappa shape index (κ2) is 13.5. The summed E-state index contributed by atoms with van der Waals surface area (Å²) in [6.07, 6.45) is 11.6. The molecule has 3 atom stereocenters. The molecule has 1 aliphatic carbocycles. The largest absolute Gasteiger partial charge is 0.468 e. The highest BCUT2D eigenvalue weighted by atomic mass is 16.5.